The SMILES string of the molecule is CCC(NC(=O)COc1ccc(C)cc1)c1ccc(OC)c(OC)c1. The highest BCUT2D eigenvalue weighted by Crippen LogP contribution is 2.30. The van der Waals surface area contributed by atoms with Gasteiger partial charge in [-0.1, -0.05) is 30.7 Å². The van der Waals surface area contributed by atoms with Crippen molar-refractivity contribution in [2.24, 2.45) is 0 Å². The highest BCUT2D eigenvalue weighted by molar-refractivity contribution is 5.78. The van der Waals surface area contributed by atoms with Gasteiger partial charge in [0, 0.05) is 0 Å². The predicted octanol–water partition coefficient (Wildman–Crippen LogP) is 3.66. The van der Waals surface area contributed by atoms with E-state index in [1.807, 2.05) is 56.3 Å². The molecule has 0 fully saturated rings. The summed E-state index contributed by atoms with van der Waals surface area (Å²) in [6.45, 7) is 4.00. The summed E-state index contributed by atoms with van der Waals surface area (Å²) < 4.78 is 16.1. The minimum atomic E-state index is -0.165. The van der Waals surface area contributed by atoms with E-state index >= 15 is 0 Å². The summed E-state index contributed by atoms with van der Waals surface area (Å²) in [7, 11) is 3.19. The van der Waals surface area contributed by atoms with Crippen molar-refractivity contribution >= 4 is 5.91 Å². The Morgan fingerprint density at radius 2 is 1.72 bits per heavy atom. The van der Waals surface area contributed by atoms with Crippen LogP contribution in [0.25, 0.3) is 0 Å². The summed E-state index contributed by atoms with van der Waals surface area (Å²) in [6, 6.07) is 13.1. The predicted molar refractivity (Wildman–Crippen MR) is 97.4 cm³/mol. The van der Waals surface area contributed by atoms with Crippen molar-refractivity contribution in [3.63, 3.8) is 0 Å². The number of methoxy groups -OCH3 is 2. The van der Waals surface area contributed by atoms with Crippen LogP contribution in [0.1, 0.15) is 30.5 Å². The van der Waals surface area contributed by atoms with Crippen LogP contribution >= 0.6 is 0 Å². The van der Waals surface area contributed by atoms with Gasteiger partial charge in [0.15, 0.2) is 18.1 Å². The normalized spacial score (nSPS) is 11.5. The van der Waals surface area contributed by atoms with Crippen molar-refractivity contribution in [2.75, 3.05) is 20.8 Å². The molecule has 25 heavy (non-hydrogen) atoms. The first-order valence-electron chi connectivity index (χ1n) is 8.28. The Morgan fingerprint density at radius 1 is 1.04 bits per heavy atom. The Kier molecular flexibility index (Phi) is 6.69. The summed E-state index contributed by atoms with van der Waals surface area (Å²) in [4.78, 5) is 12.2. The zero-order chi connectivity index (χ0) is 18.2. The first-order valence-corrected chi connectivity index (χ1v) is 8.28. The third-order valence-corrected chi connectivity index (χ3v) is 3.94. The van der Waals surface area contributed by atoms with Crippen molar-refractivity contribution in [1.82, 2.24) is 5.32 Å². The minimum Gasteiger partial charge on any atom is -0.493 e. The molecule has 134 valence electrons. The van der Waals surface area contributed by atoms with Gasteiger partial charge in [-0.05, 0) is 43.2 Å². The van der Waals surface area contributed by atoms with Crippen LogP contribution in [0.3, 0.4) is 0 Å². The molecule has 0 spiro atoms. The van der Waals surface area contributed by atoms with Crippen molar-refractivity contribution in [2.45, 2.75) is 26.3 Å². The number of hydrogen-bond donors (Lipinski definition) is 1. The van der Waals surface area contributed by atoms with Crippen molar-refractivity contribution in [3.05, 3.63) is 53.6 Å². The molecular formula is C20H25NO4. The zero-order valence-electron chi connectivity index (χ0n) is 15.2. The molecule has 0 aromatic heterocycles. The van der Waals surface area contributed by atoms with E-state index in [1.54, 1.807) is 14.2 Å². The number of aryl methyl sites for hydroxylation is 1. The van der Waals surface area contributed by atoms with Gasteiger partial charge in [0.05, 0.1) is 20.3 Å². The molecule has 0 radical (unpaired) electrons. The molecule has 1 N–H and O–H groups in total. The maximum atomic E-state index is 12.2. The monoisotopic (exact) mass is 343 g/mol. The number of amides is 1. The van der Waals surface area contributed by atoms with Crippen LogP contribution in [-0.2, 0) is 4.79 Å². The summed E-state index contributed by atoms with van der Waals surface area (Å²) in [5.74, 6) is 1.82. The maximum Gasteiger partial charge on any atom is 0.258 e. The number of ether oxygens (including phenoxy) is 3. The van der Waals surface area contributed by atoms with E-state index in [4.69, 9.17) is 14.2 Å². The van der Waals surface area contributed by atoms with Crippen LogP contribution in [0, 0.1) is 6.92 Å². The molecule has 0 bridgehead atoms. The van der Waals surface area contributed by atoms with E-state index in [9.17, 15) is 4.79 Å². The number of carbonyl (C=O) groups excluding carboxylic acids is 1. The molecule has 0 aliphatic heterocycles. The number of benzene rings is 2. The fraction of sp³-hybridized carbons (Fsp3) is 0.350. The molecule has 1 atom stereocenters. The number of nitrogens with one attached hydrogen (secondary N) is 1. The van der Waals surface area contributed by atoms with Crippen molar-refractivity contribution in [1.29, 1.82) is 0 Å². The van der Waals surface area contributed by atoms with E-state index < -0.39 is 0 Å². The van der Waals surface area contributed by atoms with E-state index in [2.05, 4.69) is 5.32 Å². The number of hydrogen-bond acceptors (Lipinski definition) is 4. The Hall–Kier alpha value is -2.69. The van der Waals surface area contributed by atoms with Gasteiger partial charge in [-0.2, -0.15) is 0 Å². The molecule has 5 heteroatoms. The van der Waals surface area contributed by atoms with Gasteiger partial charge < -0.3 is 19.5 Å². The third kappa shape index (κ3) is 5.14. The molecule has 1 amide bonds. The fourth-order valence-electron chi connectivity index (χ4n) is 2.51. The van der Waals surface area contributed by atoms with Crippen LogP contribution < -0.4 is 19.5 Å². The van der Waals surface area contributed by atoms with Gasteiger partial charge in [-0.3, -0.25) is 4.79 Å². The van der Waals surface area contributed by atoms with E-state index in [0.717, 1.165) is 17.5 Å². The molecular weight excluding hydrogens is 318 g/mol. The zero-order valence-corrected chi connectivity index (χ0v) is 15.2. The summed E-state index contributed by atoms with van der Waals surface area (Å²) in [5, 5.41) is 2.99. The third-order valence-electron chi connectivity index (χ3n) is 3.94. The lowest BCUT2D eigenvalue weighted by Gasteiger charge is -2.19. The van der Waals surface area contributed by atoms with E-state index in [0.29, 0.717) is 17.2 Å². The average Bonchev–Trinajstić information content (AvgIpc) is 2.65. The lowest BCUT2D eigenvalue weighted by Crippen LogP contribution is -2.32. The molecule has 0 heterocycles. The highest BCUT2D eigenvalue weighted by atomic mass is 16.5. The number of carbonyl (C=O) groups is 1. The lowest BCUT2D eigenvalue weighted by molar-refractivity contribution is -0.123. The second-order valence-electron chi connectivity index (χ2n) is 5.74. The Balaban J connectivity index is 1.98. The molecule has 1 unspecified atom stereocenters. The van der Waals surface area contributed by atoms with Crippen LogP contribution in [0.2, 0.25) is 0 Å². The van der Waals surface area contributed by atoms with Crippen LogP contribution in [0.5, 0.6) is 17.2 Å². The summed E-state index contributed by atoms with van der Waals surface area (Å²) >= 11 is 0. The van der Waals surface area contributed by atoms with Crippen LogP contribution in [-0.4, -0.2) is 26.7 Å². The fourth-order valence-corrected chi connectivity index (χ4v) is 2.51. The van der Waals surface area contributed by atoms with Crippen molar-refractivity contribution in [3.8, 4) is 17.2 Å². The number of rotatable bonds is 8. The molecule has 0 aliphatic carbocycles. The summed E-state index contributed by atoms with van der Waals surface area (Å²) in [5.41, 5.74) is 2.11. The minimum absolute atomic E-state index is 0.0210. The molecule has 5 nitrogen and oxygen atoms in total. The van der Waals surface area contributed by atoms with Gasteiger partial charge >= 0.3 is 0 Å². The van der Waals surface area contributed by atoms with E-state index in [1.165, 1.54) is 0 Å². The highest BCUT2D eigenvalue weighted by Gasteiger charge is 2.15. The van der Waals surface area contributed by atoms with Crippen molar-refractivity contribution < 1.29 is 19.0 Å². The van der Waals surface area contributed by atoms with Gasteiger partial charge in [0.25, 0.3) is 5.91 Å². The molecule has 0 saturated heterocycles. The van der Waals surface area contributed by atoms with Gasteiger partial charge in [-0.25, -0.2) is 0 Å². The average molecular weight is 343 g/mol. The molecule has 2 aromatic rings. The topological polar surface area (TPSA) is 56.8 Å². The van der Waals surface area contributed by atoms with E-state index in [-0.39, 0.29) is 18.6 Å². The van der Waals surface area contributed by atoms with Gasteiger partial charge in [-0.15, -0.1) is 0 Å². The Bertz CT molecular complexity index is 697. The van der Waals surface area contributed by atoms with Crippen LogP contribution in [0.15, 0.2) is 42.5 Å². The first kappa shape index (κ1) is 18.6. The molecule has 2 rings (SSSR count). The molecule has 0 aliphatic rings. The second kappa shape index (κ2) is 8.97. The van der Waals surface area contributed by atoms with Gasteiger partial charge in [0.1, 0.15) is 5.75 Å². The maximum absolute atomic E-state index is 12.2. The molecule has 0 saturated carbocycles. The second-order valence-corrected chi connectivity index (χ2v) is 5.74. The first-order chi connectivity index (χ1) is 12.1. The standard InChI is InChI=1S/C20H25NO4/c1-5-17(15-8-11-18(23-3)19(12-15)24-4)21-20(22)13-25-16-9-6-14(2)7-10-16/h6-12,17H,5,13H2,1-4H3,(H,21,22). The quantitative estimate of drug-likeness (QED) is 0.795. The Morgan fingerprint density at radius 3 is 2.32 bits per heavy atom. The van der Waals surface area contributed by atoms with Crippen LogP contribution in [0.4, 0.5) is 0 Å². The smallest absolute Gasteiger partial charge is 0.258 e. The largest absolute Gasteiger partial charge is 0.493 e. The Labute approximate surface area is 148 Å². The van der Waals surface area contributed by atoms with Gasteiger partial charge in [0.2, 0.25) is 0 Å². The molecule has 2 aromatic carbocycles. The lowest BCUT2D eigenvalue weighted by atomic mass is 10.0. The summed E-state index contributed by atoms with van der Waals surface area (Å²) in [6.07, 6.45) is 0.756.